The predicted octanol–water partition coefficient (Wildman–Crippen LogP) is 3.22. The molecule has 0 atom stereocenters. The molecule has 122 valence electrons. The lowest BCUT2D eigenvalue weighted by Crippen LogP contribution is -2.28. The Labute approximate surface area is 145 Å². The van der Waals surface area contributed by atoms with Gasteiger partial charge in [-0.3, -0.25) is 9.69 Å². The van der Waals surface area contributed by atoms with Crippen LogP contribution >= 0.6 is 11.8 Å². The Morgan fingerprint density at radius 2 is 1.79 bits per heavy atom. The quantitative estimate of drug-likeness (QED) is 0.635. The third-order valence-electron chi connectivity index (χ3n) is 3.54. The highest BCUT2D eigenvalue weighted by Gasteiger charge is 2.29. The van der Waals surface area contributed by atoms with E-state index in [0.717, 1.165) is 16.9 Å². The number of amides is 1. The molecule has 24 heavy (non-hydrogen) atoms. The van der Waals surface area contributed by atoms with Crippen molar-refractivity contribution in [1.29, 1.82) is 0 Å². The van der Waals surface area contributed by atoms with Crippen molar-refractivity contribution in [2.24, 2.45) is 10.2 Å². The van der Waals surface area contributed by atoms with Gasteiger partial charge in [0, 0.05) is 19.8 Å². The first-order valence-corrected chi connectivity index (χ1v) is 8.53. The van der Waals surface area contributed by atoms with Gasteiger partial charge in [-0.1, -0.05) is 42.1 Å². The van der Waals surface area contributed by atoms with E-state index >= 15 is 0 Å². The third-order valence-corrected chi connectivity index (χ3v) is 4.45. The molecule has 6 heteroatoms. The Morgan fingerprint density at radius 1 is 1.08 bits per heavy atom. The van der Waals surface area contributed by atoms with Gasteiger partial charge < -0.3 is 4.90 Å². The van der Waals surface area contributed by atoms with Gasteiger partial charge >= 0.3 is 0 Å². The van der Waals surface area contributed by atoms with Crippen LogP contribution in [0, 0.1) is 0 Å². The molecule has 0 N–H and O–H groups in total. The van der Waals surface area contributed by atoms with Crippen molar-refractivity contribution in [2.75, 3.05) is 29.6 Å². The molecule has 1 aliphatic rings. The summed E-state index contributed by atoms with van der Waals surface area (Å²) in [4.78, 5) is 15.7. The van der Waals surface area contributed by atoms with E-state index in [1.165, 1.54) is 11.8 Å². The van der Waals surface area contributed by atoms with Crippen molar-refractivity contribution in [3.8, 4) is 0 Å². The van der Waals surface area contributed by atoms with Crippen LogP contribution in [-0.2, 0) is 4.79 Å². The molecular weight excluding hydrogens is 320 g/mol. The lowest BCUT2D eigenvalue weighted by atomic mass is 10.2. The summed E-state index contributed by atoms with van der Waals surface area (Å²) in [5.74, 6) is 0.413. The number of hydrogen-bond acceptors (Lipinski definition) is 5. The maximum Gasteiger partial charge on any atom is 0.243 e. The van der Waals surface area contributed by atoms with Crippen molar-refractivity contribution in [2.45, 2.75) is 0 Å². The SMILES string of the molecule is CN(C)c1ccc(/C=N/N=C2\SCC(=O)N2c2ccccc2)cc1. The highest BCUT2D eigenvalue weighted by molar-refractivity contribution is 8.15. The number of rotatable bonds is 4. The summed E-state index contributed by atoms with van der Waals surface area (Å²) >= 11 is 1.40. The van der Waals surface area contributed by atoms with Gasteiger partial charge in [0.15, 0.2) is 5.17 Å². The lowest BCUT2D eigenvalue weighted by molar-refractivity contribution is -0.115. The first kappa shape index (κ1) is 16.3. The fraction of sp³-hybridized carbons (Fsp3) is 0.167. The summed E-state index contributed by atoms with van der Waals surface area (Å²) < 4.78 is 0. The van der Waals surface area contributed by atoms with E-state index in [4.69, 9.17) is 0 Å². The molecule has 5 nitrogen and oxygen atoms in total. The molecule has 1 heterocycles. The van der Waals surface area contributed by atoms with Crippen LogP contribution in [0.3, 0.4) is 0 Å². The second kappa shape index (κ2) is 7.31. The number of para-hydroxylation sites is 1. The highest BCUT2D eigenvalue weighted by atomic mass is 32.2. The zero-order valence-corrected chi connectivity index (χ0v) is 14.4. The Balaban J connectivity index is 1.76. The lowest BCUT2D eigenvalue weighted by Gasteiger charge is -2.14. The van der Waals surface area contributed by atoms with Crippen LogP contribution in [0.25, 0.3) is 0 Å². The molecule has 2 aromatic rings. The van der Waals surface area contributed by atoms with E-state index in [2.05, 4.69) is 10.2 Å². The van der Waals surface area contributed by atoms with Gasteiger partial charge in [0.05, 0.1) is 17.7 Å². The van der Waals surface area contributed by atoms with Crippen LogP contribution in [0.4, 0.5) is 11.4 Å². The number of anilines is 2. The number of thioether (sulfide) groups is 1. The average Bonchev–Trinajstić information content (AvgIpc) is 2.97. The van der Waals surface area contributed by atoms with E-state index in [1.807, 2.05) is 73.6 Å². The first-order valence-electron chi connectivity index (χ1n) is 7.54. The van der Waals surface area contributed by atoms with Crippen molar-refractivity contribution in [1.82, 2.24) is 0 Å². The molecule has 1 saturated heterocycles. The molecule has 1 fully saturated rings. The molecule has 1 aliphatic heterocycles. The molecule has 0 bridgehead atoms. The fourth-order valence-electron chi connectivity index (χ4n) is 2.27. The van der Waals surface area contributed by atoms with Crippen molar-refractivity contribution >= 4 is 40.4 Å². The Hall–Kier alpha value is -2.60. The zero-order valence-electron chi connectivity index (χ0n) is 13.6. The molecule has 0 aliphatic carbocycles. The van der Waals surface area contributed by atoms with Crippen LogP contribution in [0.1, 0.15) is 5.56 Å². The Morgan fingerprint density at radius 3 is 2.46 bits per heavy atom. The molecule has 2 aromatic carbocycles. The van der Waals surface area contributed by atoms with E-state index in [9.17, 15) is 4.79 Å². The maximum atomic E-state index is 12.1. The van der Waals surface area contributed by atoms with Gasteiger partial charge in [0.25, 0.3) is 0 Å². The summed E-state index contributed by atoms with van der Waals surface area (Å²) in [6.45, 7) is 0. The molecule has 0 radical (unpaired) electrons. The summed E-state index contributed by atoms with van der Waals surface area (Å²) in [5, 5.41) is 8.97. The molecule has 1 amide bonds. The fourth-order valence-corrected chi connectivity index (χ4v) is 3.09. The molecular formula is C18H18N4OS. The molecule has 3 rings (SSSR count). The topological polar surface area (TPSA) is 48.3 Å². The number of amidine groups is 1. The normalized spacial score (nSPS) is 16.3. The van der Waals surface area contributed by atoms with Crippen LogP contribution in [-0.4, -0.2) is 37.1 Å². The molecule has 0 saturated carbocycles. The smallest absolute Gasteiger partial charge is 0.243 e. The summed E-state index contributed by atoms with van der Waals surface area (Å²) in [6, 6.07) is 17.5. The van der Waals surface area contributed by atoms with E-state index < -0.39 is 0 Å². The molecule has 0 spiro atoms. The largest absolute Gasteiger partial charge is 0.378 e. The first-order chi connectivity index (χ1) is 11.6. The van der Waals surface area contributed by atoms with Crippen LogP contribution in [0.2, 0.25) is 0 Å². The number of benzene rings is 2. The van der Waals surface area contributed by atoms with Crippen molar-refractivity contribution in [3.63, 3.8) is 0 Å². The van der Waals surface area contributed by atoms with Gasteiger partial charge in [-0.15, -0.1) is 5.10 Å². The number of carbonyl (C=O) groups excluding carboxylic acids is 1. The summed E-state index contributed by atoms with van der Waals surface area (Å²) in [5.41, 5.74) is 2.91. The van der Waals surface area contributed by atoms with Crippen LogP contribution in [0.15, 0.2) is 64.8 Å². The second-order valence-electron chi connectivity index (χ2n) is 5.47. The average molecular weight is 338 g/mol. The molecule has 0 unspecified atom stereocenters. The second-order valence-corrected chi connectivity index (χ2v) is 6.41. The van der Waals surface area contributed by atoms with E-state index in [1.54, 1.807) is 11.1 Å². The van der Waals surface area contributed by atoms with Gasteiger partial charge in [0.1, 0.15) is 0 Å². The van der Waals surface area contributed by atoms with Gasteiger partial charge in [-0.05, 0) is 29.8 Å². The minimum Gasteiger partial charge on any atom is -0.378 e. The predicted molar refractivity (Wildman–Crippen MR) is 102 cm³/mol. The standard InChI is InChI=1S/C18H18N4OS/c1-21(2)15-10-8-14(9-11-15)12-19-20-18-22(17(23)13-24-18)16-6-4-3-5-7-16/h3-12H,13H2,1-2H3/b19-12+,20-18-. The van der Waals surface area contributed by atoms with E-state index in [-0.39, 0.29) is 5.91 Å². The summed E-state index contributed by atoms with van der Waals surface area (Å²) in [7, 11) is 4.00. The number of carbonyl (C=O) groups is 1. The third kappa shape index (κ3) is 3.65. The molecule has 0 aromatic heterocycles. The van der Waals surface area contributed by atoms with Gasteiger partial charge in [-0.2, -0.15) is 5.10 Å². The van der Waals surface area contributed by atoms with E-state index in [0.29, 0.717) is 10.9 Å². The van der Waals surface area contributed by atoms with Gasteiger partial charge in [0.2, 0.25) is 5.91 Å². The van der Waals surface area contributed by atoms with Crippen molar-refractivity contribution < 1.29 is 4.79 Å². The Bertz CT molecular complexity index is 769. The number of nitrogens with zero attached hydrogens (tertiary/aromatic N) is 4. The monoisotopic (exact) mass is 338 g/mol. The maximum absolute atomic E-state index is 12.1. The van der Waals surface area contributed by atoms with Gasteiger partial charge in [-0.25, -0.2) is 0 Å². The van der Waals surface area contributed by atoms with Crippen molar-refractivity contribution in [3.05, 3.63) is 60.2 Å². The zero-order chi connectivity index (χ0) is 16.9. The van der Waals surface area contributed by atoms with Crippen LogP contribution < -0.4 is 9.80 Å². The minimum atomic E-state index is 0.0236. The van der Waals surface area contributed by atoms with Crippen LogP contribution in [0.5, 0.6) is 0 Å². The highest BCUT2D eigenvalue weighted by Crippen LogP contribution is 2.26. The Kier molecular flexibility index (Phi) is 4.96. The minimum absolute atomic E-state index is 0.0236. The number of hydrogen-bond donors (Lipinski definition) is 0. The summed E-state index contributed by atoms with van der Waals surface area (Å²) in [6.07, 6.45) is 1.69.